The van der Waals surface area contributed by atoms with Crippen molar-refractivity contribution < 1.29 is 19.1 Å². The van der Waals surface area contributed by atoms with Gasteiger partial charge in [0.05, 0.1) is 13.0 Å². The van der Waals surface area contributed by atoms with Crippen LogP contribution in [0.15, 0.2) is 24.3 Å². The van der Waals surface area contributed by atoms with Crippen molar-refractivity contribution in [3.05, 3.63) is 29.8 Å². The van der Waals surface area contributed by atoms with E-state index in [0.717, 1.165) is 18.6 Å². The topological polar surface area (TPSA) is 67.9 Å². The van der Waals surface area contributed by atoms with Gasteiger partial charge in [-0.1, -0.05) is 12.1 Å². The Bertz CT molecular complexity index is 623. The van der Waals surface area contributed by atoms with Crippen molar-refractivity contribution in [3.8, 4) is 5.75 Å². The first kappa shape index (κ1) is 17.7. The zero-order valence-corrected chi connectivity index (χ0v) is 14.9. The van der Waals surface area contributed by atoms with E-state index in [0.29, 0.717) is 32.7 Å². The summed E-state index contributed by atoms with van der Waals surface area (Å²) in [5, 5.41) is 3.10. The number of hydrogen-bond acceptors (Lipinski definition) is 4. The largest absolute Gasteiger partial charge is 0.497 e. The average Bonchev–Trinajstić information content (AvgIpc) is 2.99. The van der Waals surface area contributed by atoms with E-state index in [1.807, 2.05) is 12.1 Å². The lowest BCUT2D eigenvalue weighted by atomic mass is 9.74. The molecule has 1 N–H and O–H groups in total. The van der Waals surface area contributed by atoms with Crippen molar-refractivity contribution in [2.75, 3.05) is 40.5 Å². The van der Waals surface area contributed by atoms with Gasteiger partial charge in [-0.2, -0.15) is 0 Å². The van der Waals surface area contributed by atoms with Crippen LogP contribution in [-0.4, -0.2) is 57.2 Å². The van der Waals surface area contributed by atoms with Crippen LogP contribution < -0.4 is 10.1 Å². The molecule has 0 saturated carbocycles. The molecule has 1 aromatic carbocycles. The molecule has 1 atom stereocenters. The van der Waals surface area contributed by atoms with Gasteiger partial charge in [-0.25, -0.2) is 0 Å². The summed E-state index contributed by atoms with van der Waals surface area (Å²) in [5.41, 5.74) is 1.06. The minimum absolute atomic E-state index is 0.0305. The van der Waals surface area contributed by atoms with E-state index in [1.54, 1.807) is 19.1 Å². The van der Waals surface area contributed by atoms with Crippen molar-refractivity contribution in [2.24, 2.45) is 5.92 Å². The Balaban J connectivity index is 1.70. The molecule has 0 aromatic heterocycles. The molecule has 6 nitrogen and oxygen atoms in total. The van der Waals surface area contributed by atoms with Crippen LogP contribution in [0.3, 0.4) is 0 Å². The smallest absolute Gasteiger partial charge is 0.225 e. The molecule has 3 rings (SSSR count). The molecule has 2 aliphatic rings. The van der Waals surface area contributed by atoms with Gasteiger partial charge in [0.1, 0.15) is 5.75 Å². The Morgan fingerprint density at radius 1 is 1.32 bits per heavy atom. The second kappa shape index (κ2) is 7.44. The molecule has 2 heterocycles. The van der Waals surface area contributed by atoms with Crippen molar-refractivity contribution >= 4 is 11.8 Å². The van der Waals surface area contributed by atoms with Gasteiger partial charge in [0.2, 0.25) is 11.8 Å². The molecule has 136 valence electrons. The molecule has 0 bridgehead atoms. The molecule has 6 heteroatoms. The first-order valence-corrected chi connectivity index (χ1v) is 8.78. The van der Waals surface area contributed by atoms with Gasteiger partial charge >= 0.3 is 0 Å². The van der Waals surface area contributed by atoms with Crippen molar-refractivity contribution in [1.82, 2.24) is 10.2 Å². The van der Waals surface area contributed by atoms with E-state index in [2.05, 4.69) is 17.4 Å². The minimum Gasteiger partial charge on any atom is -0.497 e. The van der Waals surface area contributed by atoms with E-state index >= 15 is 0 Å². The highest BCUT2D eigenvalue weighted by Crippen LogP contribution is 2.35. The van der Waals surface area contributed by atoms with Crippen LogP contribution in [0.25, 0.3) is 0 Å². The number of rotatable bonds is 5. The highest BCUT2D eigenvalue weighted by Gasteiger charge is 2.37. The third-order valence-electron chi connectivity index (χ3n) is 5.47. The van der Waals surface area contributed by atoms with E-state index in [4.69, 9.17) is 9.47 Å². The fraction of sp³-hybridized carbons (Fsp3) is 0.579. The lowest BCUT2D eigenvalue weighted by Gasteiger charge is -2.38. The van der Waals surface area contributed by atoms with Gasteiger partial charge in [0.25, 0.3) is 0 Å². The van der Waals surface area contributed by atoms with Crippen LogP contribution in [-0.2, 0) is 19.7 Å². The number of carbonyl (C=O) groups is 2. The SMILES string of the molecule is COc1ccc(C2(CNC(=O)C3CC(=O)N(C)C3)CCOCC2)cc1. The van der Waals surface area contributed by atoms with Gasteiger partial charge in [-0.05, 0) is 30.5 Å². The summed E-state index contributed by atoms with van der Waals surface area (Å²) >= 11 is 0. The fourth-order valence-corrected chi connectivity index (χ4v) is 3.71. The van der Waals surface area contributed by atoms with Crippen LogP contribution in [0, 0.1) is 5.92 Å². The number of carbonyl (C=O) groups excluding carboxylic acids is 2. The predicted molar refractivity (Wildman–Crippen MR) is 93.5 cm³/mol. The third-order valence-corrected chi connectivity index (χ3v) is 5.47. The highest BCUT2D eigenvalue weighted by atomic mass is 16.5. The number of amides is 2. The molecule has 2 amide bonds. The molecular formula is C19H26N2O4. The summed E-state index contributed by atoms with van der Waals surface area (Å²) in [6, 6.07) is 8.06. The van der Waals surface area contributed by atoms with E-state index in [-0.39, 0.29) is 23.1 Å². The maximum Gasteiger partial charge on any atom is 0.225 e. The molecule has 2 aliphatic heterocycles. The molecule has 2 fully saturated rings. The monoisotopic (exact) mass is 346 g/mol. The van der Waals surface area contributed by atoms with E-state index < -0.39 is 0 Å². The summed E-state index contributed by atoms with van der Waals surface area (Å²) in [5.74, 6) is 0.584. The number of methoxy groups -OCH3 is 1. The first-order chi connectivity index (χ1) is 12.0. The zero-order valence-electron chi connectivity index (χ0n) is 14.9. The number of nitrogens with one attached hydrogen (secondary N) is 1. The molecule has 0 radical (unpaired) electrons. The molecule has 1 unspecified atom stereocenters. The number of benzene rings is 1. The second-order valence-corrected chi connectivity index (χ2v) is 7.01. The standard InChI is InChI=1S/C19H26N2O4/c1-21-12-14(11-17(21)22)18(23)20-13-19(7-9-25-10-8-19)15-3-5-16(24-2)6-4-15/h3-6,14H,7-13H2,1-2H3,(H,20,23). The Morgan fingerprint density at radius 2 is 2.00 bits per heavy atom. The van der Waals surface area contributed by atoms with Crippen LogP contribution >= 0.6 is 0 Å². The normalized spacial score (nSPS) is 22.7. The van der Waals surface area contributed by atoms with Gasteiger partial charge in [0.15, 0.2) is 0 Å². The predicted octanol–water partition coefficient (Wildman–Crippen LogP) is 1.34. The molecular weight excluding hydrogens is 320 g/mol. The van der Waals surface area contributed by atoms with E-state index in [9.17, 15) is 9.59 Å². The number of nitrogens with zero attached hydrogens (tertiary/aromatic N) is 1. The van der Waals surface area contributed by atoms with Gasteiger partial charge in [-0.3, -0.25) is 9.59 Å². The summed E-state index contributed by atoms with van der Waals surface area (Å²) in [6.45, 7) is 2.44. The van der Waals surface area contributed by atoms with Crippen LogP contribution in [0.4, 0.5) is 0 Å². The van der Waals surface area contributed by atoms with Crippen molar-refractivity contribution in [1.29, 1.82) is 0 Å². The Labute approximate surface area is 148 Å². The van der Waals surface area contributed by atoms with Crippen LogP contribution in [0.5, 0.6) is 5.75 Å². The first-order valence-electron chi connectivity index (χ1n) is 8.78. The average molecular weight is 346 g/mol. The lowest BCUT2D eigenvalue weighted by Crippen LogP contribution is -2.46. The van der Waals surface area contributed by atoms with Crippen LogP contribution in [0.2, 0.25) is 0 Å². The fourth-order valence-electron chi connectivity index (χ4n) is 3.71. The van der Waals surface area contributed by atoms with Crippen molar-refractivity contribution in [3.63, 3.8) is 0 Å². The Kier molecular flexibility index (Phi) is 5.27. The molecule has 0 spiro atoms. The Hall–Kier alpha value is -2.08. The number of hydrogen-bond donors (Lipinski definition) is 1. The molecule has 0 aliphatic carbocycles. The maximum absolute atomic E-state index is 12.5. The third kappa shape index (κ3) is 3.79. The number of likely N-dealkylation sites (tertiary alicyclic amines) is 1. The maximum atomic E-state index is 12.5. The summed E-state index contributed by atoms with van der Waals surface area (Å²) in [4.78, 5) is 25.8. The molecule has 25 heavy (non-hydrogen) atoms. The summed E-state index contributed by atoms with van der Waals surface area (Å²) in [6.07, 6.45) is 2.03. The quantitative estimate of drug-likeness (QED) is 0.874. The number of ether oxygens (including phenoxy) is 2. The summed E-state index contributed by atoms with van der Waals surface area (Å²) in [7, 11) is 3.40. The lowest BCUT2D eigenvalue weighted by molar-refractivity contribution is -0.128. The van der Waals surface area contributed by atoms with Gasteiger partial charge in [-0.15, -0.1) is 0 Å². The van der Waals surface area contributed by atoms with Crippen LogP contribution in [0.1, 0.15) is 24.8 Å². The Morgan fingerprint density at radius 3 is 2.56 bits per heavy atom. The summed E-state index contributed by atoms with van der Waals surface area (Å²) < 4.78 is 10.8. The van der Waals surface area contributed by atoms with Crippen molar-refractivity contribution in [2.45, 2.75) is 24.7 Å². The highest BCUT2D eigenvalue weighted by molar-refractivity contribution is 5.89. The molecule has 2 saturated heterocycles. The minimum atomic E-state index is -0.245. The zero-order chi connectivity index (χ0) is 17.9. The molecule has 1 aromatic rings. The van der Waals surface area contributed by atoms with Gasteiger partial charge < -0.3 is 19.7 Å². The second-order valence-electron chi connectivity index (χ2n) is 7.01. The van der Waals surface area contributed by atoms with E-state index in [1.165, 1.54) is 5.56 Å². The van der Waals surface area contributed by atoms with Gasteiger partial charge in [0, 0.05) is 45.2 Å².